The maximum atomic E-state index is 12.8. The second kappa shape index (κ2) is 10.6. The van der Waals surface area contributed by atoms with Crippen LogP contribution >= 0.6 is 0 Å². The lowest BCUT2D eigenvalue weighted by atomic mass is 10.1. The van der Waals surface area contributed by atoms with E-state index in [1.54, 1.807) is 0 Å². The van der Waals surface area contributed by atoms with E-state index in [1.165, 1.54) is 11.1 Å². The first-order valence-electron chi connectivity index (χ1n) is 11.9. The summed E-state index contributed by atoms with van der Waals surface area (Å²) in [6.45, 7) is 10.1. The van der Waals surface area contributed by atoms with Gasteiger partial charge in [0.05, 0.1) is 24.2 Å². The third kappa shape index (κ3) is 5.48. The molecular weight excluding hydrogens is 422 g/mol. The lowest BCUT2D eigenvalue weighted by Crippen LogP contribution is -2.25. The molecule has 0 saturated heterocycles. The molecule has 0 atom stereocenters. The van der Waals surface area contributed by atoms with Crippen LogP contribution in [0.4, 0.5) is 0 Å². The van der Waals surface area contributed by atoms with Gasteiger partial charge < -0.3 is 14.6 Å². The van der Waals surface area contributed by atoms with Crippen molar-refractivity contribution in [2.24, 2.45) is 0 Å². The van der Waals surface area contributed by atoms with E-state index in [2.05, 4.69) is 41.9 Å². The zero-order valence-electron chi connectivity index (χ0n) is 20.5. The fourth-order valence-electron chi connectivity index (χ4n) is 4.20. The highest BCUT2D eigenvalue weighted by atomic mass is 16.5. The van der Waals surface area contributed by atoms with Gasteiger partial charge in [-0.3, -0.25) is 4.79 Å². The molecule has 5 heteroatoms. The molecule has 3 aromatic carbocycles. The van der Waals surface area contributed by atoms with Gasteiger partial charge in [-0.15, -0.1) is 0 Å². The van der Waals surface area contributed by atoms with Gasteiger partial charge in [0.1, 0.15) is 11.6 Å². The summed E-state index contributed by atoms with van der Waals surface area (Å²) in [5.74, 6) is 1.72. The van der Waals surface area contributed by atoms with Gasteiger partial charge >= 0.3 is 0 Å². The molecule has 1 aromatic heterocycles. The number of ether oxygens (including phenoxy) is 1. The summed E-state index contributed by atoms with van der Waals surface area (Å²) in [6.07, 6.45) is 1.90. The molecule has 1 heterocycles. The Labute approximate surface area is 201 Å². The van der Waals surface area contributed by atoms with Crippen molar-refractivity contribution in [2.45, 2.75) is 53.6 Å². The molecule has 0 fully saturated rings. The number of hydrogen-bond donors (Lipinski definition) is 1. The molecule has 0 radical (unpaired) electrons. The number of aryl methyl sites for hydroxylation is 5. The highest BCUT2D eigenvalue weighted by Gasteiger charge is 2.13. The number of nitrogens with zero attached hydrogens (tertiary/aromatic N) is 2. The van der Waals surface area contributed by atoms with Crippen molar-refractivity contribution >= 4 is 16.9 Å². The van der Waals surface area contributed by atoms with E-state index in [1.807, 2.05) is 56.3 Å². The maximum Gasteiger partial charge on any atom is 0.251 e. The van der Waals surface area contributed by atoms with E-state index in [0.717, 1.165) is 53.1 Å². The van der Waals surface area contributed by atoms with Crippen LogP contribution < -0.4 is 10.1 Å². The number of aromatic nitrogens is 2. The van der Waals surface area contributed by atoms with E-state index in [0.29, 0.717) is 18.7 Å². The monoisotopic (exact) mass is 455 g/mol. The summed E-state index contributed by atoms with van der Waals surface area (Å²) < 4.78 is 8.16. The Morgan fingerprint density at radius 3 is 2.53 bits per heavy atom. The predicted molar refractivity (Wildman–Crippen MR) is 137 cm³/mol. The fourth-order valence-corrected chi connectivity index (χ4v) is 4.20. The van der Waals surface area contributed by atoms with Crippen LogP contribution in [-0.2, 0) is 13.1 Å². The van der Waals surface area contributed by atoms with E-state index in [9.17, 15) is 4.79 Å². The van der Waals surface area contributed by atoms with Crippen molar-refractivity contribution in [1.82, 2.24) is 14.9 Å². The molecular formula is C29H33N3O2. The van der Waals surface area contributed by atoms with Crippen molar-refractivity contribution in [1.29, 1.82) is 0 Å². The number of hydrogen-bond acceptors (Lipinski definition) is 3. The van der Waals surface area contributed by atoms with Crippen LogP contribution in [0.3, 0.4) is 0 Å². The highest BCUT2D eigenvalue weighted by molar-refractivity contribution is 5.95. The first-order valence-corrected chi connectivity index (χ1v) is 11.9. The maximum absolute atomic E-state index is 12.8. The molecule has 0 bridgehead atoms. The minimum absolute atomic E-state index is 0.0714. The lowest BCUT2D eigenvalue weighted by Gasteiger charge is -2.12. The Morgan fingerprint density at radius 1 is 0.912 bits per heavy atom. The first-order chi connectivity index (χ1) is 16.4. The summed E-state index contributed by atoms with van der Waals surface area (Å²) in [7, 11) is 0. The van der Waals surface area contributed by atoms with Crippen molar-refractivity contribution in [3.8, 4) is 5.75 Å². The Kier molecular flexibility index (Phi) is 7.31. The van der Waals surface area contributed by atoms with Gasteiger partial charge in [0.2, 0.25) is 0 Å². The number of amides is 1. The number of carbonyl (C=O) groups excluding carboxylic acids is 1. The molecule has 0 aliphatic rings. The summed E-state index contributed by atoms with van der Waals surface area (Å²) in [4.78, 5) is 17.6. The SMILES string of the molecule is Cc1ccc(C(=O)NCc2nc3ccccc3n2CCCCOc2ccc(C)c(C)c2)c(C)c1. The van der Waals surface area contributed by atoms with Gasteiger partial charge in [-0.2, -0.15) is 0 Å². The summed E-state index contributed by atoms with van der Waals surface area (Å²) in [5.41, 5.74) is 7.40. The molecule has 0 spiro atoms. The van der Waals surface area contributed by atoms with Crippen molar-refractivity contribution in [3.05, 3.63) is 94.3 Å². The predicted octanol–water partition coefficient (Wildman–Crippen LogP) is 6.06. The second-order valence-electron chi connectivity index (χ2n) is 8.97. The molecule has 4 rings (SSSR count). The van der Waals surface area contributed by atoms with E-state index in [4.69, 9.17) is 9.72 Å². The summed E-state index contributed by atoms with van der Waals surface area (Å²) in [5, 5.41) is 3.06. The molecule has 0 aliphatic carbocycles. The third-order valence-corrected chi connectivity index (χ3v) is 6.29. The minimum atomic E-state index is -0.0714. The number of para-hydroxylation sites is 2. The zero-order valence-corrected chi connectivity index (χ0v) is 20.5. The number of carbonyl (C=O) groups is 1. The molecule has 34 heavy (non-hydrogen) atoms. The average molecular weight is 456 g/mol. The smallest absolute Gasteiger partial charge is 0.251 e. The van der Waals surface area contributed by atoms with Crippen LogP contribution in [-0.4, -0.2) is 22.1 Å². The van der Waals surface area contributed by atoms with Crippen molar-refractivity contribution in [2.75, 3.05) is 6.61 Å². The van der Waals surface area contributed by atoms with E-state index < -0.39 is 0 Å². The second-order valence-corrected chi connectivity index (χ2v) is 8.97. The van der Waals surface area contributed by atoms with Gasteiger partial charge in [-0.1, -0.05) is 35.9 Å². The Hall–Kier alpha value is -3.60. The number of nitrogens with one attached hydrogen (secondary N) is 1. The molecule has 0 saturated carbocycles. The van der Waals surface area contributed by atoms with Crippen LogP contribution in [0, 0.1) is 27.7 Å². The Balaban J connectivity index is 1.38. The molecule has 1 N–H and O–H groups in total. The number of rotatable bonds is 9. The van der Waals surface area contributed by atoms with Crippen molar-refractivity contribution in [3.63, 3.8) is 0 Å². The van der Waals surface area contributed by atoms with Gasteiger partial charge in [0.25, 0.3) is 5.91 Å². The topological polar surface area (TPSA) is 56.2 Å². The molecule has 1 amide bonds. The van der Waals surface area contributed by atoms with Gasteiger partial charge in [0, 0.05) is 12.1 Å². The van der Waals surface area contributed by atoms with Crippen LogP contribution in [0.2, 0.25) is 0 Å². The number of benzene rings is 3. The Morgan fingerprint density at radius 2 is 1.74 bits per heavy atom. The van der Waals surface area contributed by atoms with E-state index in [-0.39, 0.29) is 5.91 Å². The lowest BCUT2D eigenvalue weighted by molar-refractivity contribution is 0.0949. The minimum Gasteiger partial charge on any atom is -0.494 e. The molecule has 0 unspecified atom stereocenters. The molecule has 0 aliphatic heterocycles. The van der Waals surface area contributed by atoms with Gasteiger partial charge in [0.15, 0.2) is 0 Å². The quantitative estimate of drug-likeness (QED) is 0.312. The average Bonchev–Trinajstić information content (AvgIpc) is 3.17. The zero-order chi connectivity index (χ0) is 24.1. The molecule has 4 aromatic rings. The molecule has 176 valence electrons. The Bertz CT molecular complexity index is 1310. The number of fused-ring (bicyclic) bond motifs is 1. The normalized spacial score (nSPS) is 11.1. The van der Waals surface area contributed by atoms with Crippen LogP contribution in [0.15, 0.2) is 60.7 Å². The fraction of sp³-hybridized carbons (Fsp3) is 0.310. The van der Waals surface area contributed by atoms with Crippen LogP contribution in [0.5, 0.6) is 5.75 Å². The molecule has 5 nitrogen and oxygen atoms in total. The summed E-state index contributed by atoms with van der Waals surface area (Å²) in [6, 6.07) is 20.2. The largest absolute Gasteiger partial charge is 0.494 e. The summed E-state index contributed by atoms with van der Waals surface area (Å²) >= 11 is 0. The van der Waals surface area contributed by atoms with Gasteiger partial charge in [-0.25, -0.2) is 4.98 Å². The first kappa shape index (κ1) is 23.6. The van der Waals surface area contributed by atoms with Crippen LogP contribution in [0.1, 0.15) is 51.3 Å². The van der Waals surface area contributed by atoms with Gasteiger partial charge in [-0.05, 0) is 87.6 Å². The highest BCUT2D eigenvalue weighted by Crippen LogP contribution is 2.19. The van der Waals surface area contributed by atoms with E-state index >= 15 is 0 Å². The number of unbranched alkanes of at least 4 members (excludes halogenated alkanes) is 1. The number of imidazole rings is 1. The third-order valence-electron chi connectivity index (χ3n) is 6.29. The van der Waals surface area contributed by atoms with Crippen LogP contribution in [0.25, 0.3) is 11.0 Å². The van der Waals surface area contributed by atoms with Crippen molar-refractivity contribution < 1.29 is 9.53 Å². The standard InChI is InChI=1S/C29H33N3O2/c1-20-11-14-25(23(4)17-20)29(33)30-19-28-31-26-9-5-6-10-27(26)32(28)15-7-8-16-34-24-13-12-21(2)22(3)18-24/h5-6,9-14,17-18H,7-8,15-16,19H2,1-4H3,(H,30,33).